The number of aromatic nitrogens is 4. The van der Waals surface area contributed by atoms with E-state index in [0.29, 0.717) is 16.3 Å². The Morgan fingerprint density at radius 1 is 1.38 bits per heavy atom. The number of rotatable bonds is 2. The predicted molar refractivity (Wildman–Crippen MR) is 82.8 cm³/mol. The Hall–Kier alpha value is -1.41. The number of anilines is 1. The Kier molecular flexibility index (Phi) is 3.53. The Morgan fingerprint density at radius 2 is 2.10 bits per heavy atom. The van der Waals surface area contributed by atoms with E-state index < -0.39 is 0 Å². The summed E-state index contributed by atoms with van der Waals surface area (Å²) in [5.74, 6) is 0.779. The summed E-state index contributed by atoms with van der Waals surface area (Å²) >= 11 is 3.41. The van der Waals surface area contributed by atoms with Crippen molar-refractivity contribution in [1.29, 1.82) is 0 Å². The van der Waals surface area contributed by atoms with Crippen LogP contribution in [0, 0.1) is 11.8 Å². The van der Waals surface area contributed by atoms with Crippen molar-refractivity contribution in [2.45, 2.75) is 39.5 Å². The minimum Gasteiger partial charge on any atom is -0.369 e. The van der Waals surface area contributed by atoms with Crippen molar-refractivity contribution in [3.8, 4) is 0 Å². The Balaban J connectivity index is 2.17. The number of halogens is 1. The Bertz CT molecular complexity index is 740. The molecule has 0 aromatic carbocycles. The van der Waals surface area contributed by atoms with Gasteiger partial charge in [0.15, 0.2) is 15.9 Å². The summed E-state index contributed by atoms with van der Waals surface area (Å²) in [4.78, 5) is 22.9. The summed E-state index contributed by atoms with van der Waals surface area (Å²) in [7, 11) is 0. The lowest BCUT2D eigenvalue weighted by atomic mass is 9.91. The van der Waals surface area contributed by atoms with Crippen molar-refractivity contribution in [1.82, 2.24) is 19.5 Å². The van der Waals surface area contributed by atoms with Gasteiger partial charge in [-0.15, -0.1) is 0 Å². The second-order valence-electron chi connectivity index (χ2n) is 5.57. The van der Waals surface area contributed by atoms with E-state index in [1.54, 1.807) is 0 Å². The summed E-state index contributed by atoms with van der Waals surface area (Å²) in [6.07, 6.45) is 0.925. The molecule has 7 nitrogen and oxygen atoms in total. The van der Waals surface area contributed by atoms with Crippen molar-refractivity contribution >= 4 is 33.0 Å². The van der Waals surface area contributed by atoms with Crippen molar-refractivity contribution in [2.24, 2.45) is 11.8 Å². The van der Waals surface area contributed by atoms with Crippen LogP contribution < -0.4 is 11.3 Å². The number of nitrogens with two attached hydrogens (primary N) is 1. The van der Waals surface area contributed by atoms with Crippen molar-refractivity contribution in [2.75, 3.05) is 5.73 Å². The summed E-state index contributed by atoms with van der Waals surface area (Å²) in [5.41, 5.74) is 6.02. The lowest BCUT2D eigenvalue weighted by molar-refractivity contribution is -0.0132. The van der Waals surface area contributed by atoms with Crippen LogP contribution in [0.2, 0.25) is 0 Å². The first kappa shape index (κ1) is 14.5. The highest BCUT2D eigenvalue weighted by atomic mass is 79.9. The highest BCUT2D eigenvalue weighted by Crippen LogP contribution is 2.42. The summed E-state index contributed by atoms with van der Waals surface area (Å²) < 4.78 is 8.49. The van der Waals surface area contributed by atoms with Gasteiger partial charge in [0.25, 0.3) is 5.56 Å². The molecule has 0 amide bonds. The number of nitrogens with zero attached hydrogens (tertiary/aromatic N) is 3. The summed E-state index contributed by atoms with van der Waals surface area (Å²) in [5, 5.41) is 0. The third kappa shape index (κ3) is 2.17. The Morgan fingerprint density at radius 3 is 2.71 bits per heavy atom. The highest BCUT2D eigenvalue weighted by Gasteiger charge is 2.40. The number of H-pyrrole nitrogens is 1. The fourth-order valence-electron chi connectivity index (χ4n) is 2.99. The van der Waals surface area contributed by atoms with Crippen LogP contribution in [-0.2, 0) is 4.74 Å². The van der Waals surface area contributed by atoms with E-state index in [9.17, 15) is 4.79 Å². The molecule has 0 aliphatic carbocycles. The molecule has 114 valence electrons. The second-order valence-corrected chi connectivity index (χ2v) is 6.28. The maximum Gasteiger partial charge on any atom is 0.280 e. The number of fused-ring (bicyclic) bond motifs is 1. The number of imidazole rings is 1. The molecule has 1 aliphatic heterocycles. The molecule has 3 N–H and O–H groups in total. The number of hydrogen-bond donors (Lipinski definition) is 2. The number of aromatic amines is 1. The molecule has 4 atom stereocenters. The van der Waals surface area contributed by atoms with Gasteiger partial charge in [0.2, 0.25) is 5.95 Å². The molecule has 3 rings (SSSR count). The monoisotopic (exact) mass is 355 g/mol. The van der Waals surface area contributed by atoms with E-state index >= 15 is 0 Å². The van der Waals surface area contributed by atoms with E-state index in [1.165, 1.54) is 0 Å². The Labute approximate surface area is 130 Å². The van der Waals surface area contributed by atoms with Crippen LogP contribution in [0.5, 0.6) is 0 Å². The smallest absolute Gasteiger partial charge is 0.280 e. The molecule has 21 heavy (non-hydrogen) atoms. The maximum absolute atomic E-state index is 11.9. The zero-order valence-corrected chi connectivity index (χ0v) is 13.7. The van der Waals surface area contributed by atoms with Crippen LogP contribution in [-0.4, -0.2) is 25.6 Å². The molecule has 0 bridgehead atoms. The van der Waals surface area contributed by atoms with Gasteiger partial charge < -0.3 is 10.5 Å². The van der Waals surface area contributed by atoms with Crippen LogP contribution in [0.4, 0.5) is 5.95 Å². The minimum atomic E-state index is -0.345. The molecule has 1 saturated heterocycles. The van der Waals surface area contributed by atoms with Crippen LogP contribution in [0.25, 0.3) is 11.2 Å². The van der Waals surface area contributed by atoms with Gasteiger partial charge in [-0.25, -0.2) is 4.98 Å². The first-order valence-corrected chi connectivity index (χ1v) is 7.82. The fourth-order valence-corrected chi connectivity index (χ4v) is 3.54. The molecule has 1 unspecified atom stereocenters. The van der Waals surface area contributed by atoms with Gasteiger partial charge in [0, 0.05) is 5.92 Å². The molecular weight excluding hydrogens is 338 g/mol. The lowest BCUT2D eigenvalue weighted by Crippen LogP contribution is -2.18. The molecular formula is C13H18BrN5O2. The number of hydrogen-bond acceptors (Lipinski definition) is 5. The van der Waals surface area contributed by atoms with E-state index in [1.807, 2.05) is 4.57 Å². The van der Waals surface area contributed by atoms with E-state index in [-0.39, 0.29) is 35.3 Å². The minimum absolute atomic E-state index is 0.0758. The number of nitrogens with one attached hydrogen (secondary N) is 1. The van der Waals surface area contributed by atoms with E-state index in [0.717, 1.165) is 6.42 Å². The lowest BCUT2D eigenvalue weighted by Gasteiger charge is -2.19. The fraction of sp³-hybridized carbons (Fsp3) is 0.615. The molecule has 0 radical (unpaired) electrons. The average molecular weight is 356 g/mol. The van der Waals surface area contributed by atoms with Crippen molar-refractivity contribution in [3.63, 3.8) is 0 Å². The van der Waals surface area contributed by atoms with Gasteiger partial charge in [0.1, 0.15) is 6.23 Å². The molecule has 0 spiro atoms. The standard InChI is InChI=1S/C13H18BrN5O2/c1-4-7-5(2)6(3)11(21-7)19-9-8(16-12(19)14)10(20)18-13(15)17-9/h5-7,11H,4H2,1-3H3,(H3,15,17,18,20)/t5-,6?,7-,11-/m1/s1. The molecule has 2 aromatic heterocycles. The molecule has 2 aromatic rings. The molecule has 1 fully saturated rings. The first-order chi connectivity index (χ1) is 9.93. The second kappa shape index (κ2) is 5.10. The first-order valence-electron chi connectivity index (χ1n) is 7.02. The zero-order chi connectivity index (χ0) is 15.3. The molecule has 1 aliphatic rings. The average Bonchev–Trinajstić information content (AvgIpc) is 2.89. The quantitative estimate of drug-likeness (QED) is 0.803. The molecule has 8 heteroatoms. The van der Waals surface area contributed by atoms with Crippen LogP contribution >= 0.6 is 15.9 Å². The topological polar surface area (TPSA) is 98.8 Å². The van der Waals surface area contributed by atoms with Crippen LogP contribution in [0.1, 0.15) is 33.4 Å². The summed E-state index contributed by atoms with van der Waals surface area (Å²) in [6.45, 7) is 6.43. The van der Waals surface area contributed by atoms with Gasteiger partial charge in [-0.05, 0) is 28.3 Å². The van der Waals surface area contributed by atoms with Gasteiger partial charge in [-0.3, -0.25) is 14.3 Å². The van der Waals surface area contributed by atoms with E-state index in [2.05, 4.69) is 51.7 Å². The SMILES string of the molecule is CC[C@H]1O[C@@H](n2c(Br)nc3c(=O)[nH]c(N)nc32)C(C)[C@H]1C. The summed E-state index contributed by atoms with van der Waals surface area (Å²) in [6, 6.07) is 0. The molecule has 3 heterocycles. The third-order valence-electron chi connectivity index (χ3n) is 4.36. The van der Waals surface area contributed by atoms with Gasteiger partial charge in [0.05, 0.1) is 6.10 Å². The largest absolute Gasteiger partial charge is 0.369 e. The van der Waals surface area contributed by atoms with Crippen molar-refractivity contribution in [3.05, 3.63) is 15.1 Å². The normalized spacial score (nSPS) is 29.3. The van der Waals surface area contributed by atoms with Crippen LogP contribution in [0.3, 0.4) is 0 Å². The highest BCUT2D eigenvalue weighted by molar-refractivity contribution is 9.10. The van der Waals surface area contributed by atoms with Gasteiger partial charge >= 0.3 is 0 Å². The van der Waals surface area contributed by atoms with Gasteiger partial charge in [-0.2, -0.15) is 4.98 Å². The number of ether oxygens (including phenoxy) is 1. The predicted octanol–water partition coefficient (Wildman–Crippen LogP) is 2.04. The third-order valence-corrected chi connectivity index (χ3v) is 4.92. The zero-order valence-electron chi connectivity index (χ0n) is 12.1. The number of nitrogen functional groups attached to an aromatic ring is 1. The van der Waals surface area contributed by atoms with Crippen LogP contribution in [0.15, 0.2) is 9.53 Å². The van der Waals surface area contributed by atoms with Crippen molar-refractivity contribution < 1.29 is 4.74 Å². The van der Waals surface area contributed by atoms with E-state index in [4.69, 9.17) is 10.5 Å². The molecule has 0 saturated carbocycles. The maximum atomic E-state index is 11.9. The van der Waals surface area contributed by atoms with Gasteiger partial charge in [-0.1, -0.05) is 20.8 Å².